The van der Waals surface area contributed by atoms with E-state index in [0.29, 0.717) is 10.8 Å². The fourth-order valence-corrected chi connectivity index (χ4v) is 2.06. The van der Waals surface area contributed by atoms with Gasteiger partial charge >= 0.3 is 0 Å². The first-order valence-corrected chi connectivity index (χ1v) is 5.55. The molecule has 84 valence electrons. The molecule has 0 fully saturated rings. The highest BCUT2D eigenvalue weighted by molar-refractivity contribution is 6.33. The third kappa shape index (κ3) is 1.57. The van der Waals surface area contributed by atoms with E-state index in [4.69, 9.17) is 11.6 Å². The SMILES string of the molecule is Cc1ccccc1-n1cnc2ncnc(Cl)c21. The number of imidazole rings is 1. The first-order valence-electron chi connectivity index (χ1n) is 5.17. The van der Waals surface area contributed by atoms with Gasteiger partial charge in [-0.15, -0.1) is 0 Å². The Kier molecular flexibility index (Phi) is 2.30. The Morgan fingerprint density at radius 2 is 1.94 bits per heavy atom. The van der Waals surface area contributed by atoms with Gasteiger partial charge in [0.1, 0.15) is 18.2 Å². The zero-order valence-electron chi connectivity index (χ0n) is 9.13. The fourth-order valence-electron chi connectivity index (χ4n) is 1.84. The largest absolute Gasteiger partial charge is 0.294 e. The number of nitrogens with zero attached hydrogens (tertiary/aromatic N) is 4. The van der Waals surface area contributed by atoms with Crippen molar-refractivity contribution in [2.75, 3.05) is 0 Å². The maximum Gasteiger partial charge on any atom is 0.182 e. The first-order chi connectivity index (χ1) is 8.27. The molecule has 0 saturated carbocycles. The molecule has 0 aliphatic rings. The molecule has 0 atom stereocenters. The molecule has 2 heterocycles. The Morgan fingerprint density at radius 1 is 1.12 bits per heavy atom. The molecular weight excluding hydrogens is 236 g/mol. The summed E-state index contributed by atoms with van der Waals surface area (Å²) in [5.74, 6) is 0. The van der Waals surface area contributed by atoms with Gasteiger partial charge in [0.15, 0.2) is 10.8 Å². The summed E-state index contributed by atoms with van der Waals surface area (Å²) in [6, 6.07) is 8.03. The lowest BCUT2D eigenvalue weighted by Crippen LogP contribution is -1.96. The molecule has 0 saturated heterocycles. The van der Waals surface area contributed by atoms with Crippen LogP contribution >= 0.6 is 11.6 Å². The van der Waals surface area contributed by atoms with E-state index in [2.05, 4.69) is 15.0 Å². The van der Waals surface area contributed by atoms with Gasteiger partial charge in [0.25, 0.3) is 0 Å². The maximum atomic E-state index is 6.09. The standard InChI is InChI=1S/C12H9ClN4/c1-8-4-2-3-5-9(8)17-7-16-12-10(17)11(13)14-6-15-12/h2-7H,1H3. The van der Waals surface area contributed by atoms with Gasteiger partial charge in [-0.05, 0) is 18.6 Å². The van der Waals surface area contributed by atoms with Gasteiger partial charge in [0.2, 0.25) is 0 Å². The number of aromatic nitrogens is 4. The highest BCUT2D eigenvalue weighted by Crippen LogP contribution is 2.23. The predicted octanol–water partition coefficient (Wildman–Crippen LogP) is 2.78. The second-order valence-corrected chi connectivity index (χ2v) is 4.10. The summed E-state index contributed by atoms with van der Waals surface area (Å²) >= 11 is 6.09. The molecule has 3 aromatic rings. The molecule has 0 spiro atoms. The van der Waals surface area contributed by atoms with Gasteiger partial charge in [-0.2, -0.15) is 0 Å². The lowest BCUT2D eigenvalue weighted by atomic mass is 10.2. The molecule has 0 amide bonds. The Balaban J connectivity index is 2.36. The van der Waals surface area contributed by atoms with Crippen LogP contribution in [0.25, 0.3) is 16.9 Å². The Labute approximate surface area is 103 Å². The Hall–Kier alpha value is -1.94. The second-order valence-electron chi connectivity index (χ2n) is 3.74. The zero-order valence-corrected chi connectivity index (χ0v) is 9.89. The van der Waals surface area contributed by atoms with Gasteiger partial charge in [-0.25, -0.2) is 15.0 Å². The summed E-state index contributed by atoms with van der Waals surface area (Å²) in [4.78, 5) is 12.3. The van der Waals surface area contributed by atoms with E-state index in [1.807, 2.05) is 35.8 Å². The van der Waals surface area contributed by atoms with Gasteiger partial charge in [0.05, 0.1) is 5.69 Å². The minimum absolute atomic E-state index is 0.413. The molecule has 0 bridgehead atoms. The van der Waals surface area contributed by atoms with Crippen molar-refractivity contribution in [1.29, 1.82) is 0 Å². The summed E-state index contributed by atoms with van der Waals surface area (Å²) in [5.41, 5.74) is 3.52. The normalized spacial score (nSPS) is 10.9. The molecule has 3 rings (SSSR count). The maximum absolute atomic E-state index is 6.09. The van der Waals surface area contributed by atoms with E-state index in [1.165, 1.54) is 6.33 Å². The molecular formula is C12H9ClN4. The lowest BCUT2D eigenvalue weighted by molar-refractivity contribution is 1.07. The summed E-state index contributed by atoms with van der Waals surface area (Å²) in [5, 5.41) is 0.413. The van der Waals surface area contributed by atoms with Crippen LogP contribution in [0.4, 0.5) is 0 Å². The highest BCUT2D eigenvalue weighted by atomic mass is 35.5. The lowest BCUT2D eigenvalue weighted by Gasteiger charge is -2.07. The average Bonchev–Trinajstić information content (AvgIpc) is 2.75. The van der Waals surface area contributed by atoms with Gasteiger partial charge < -0.3 is 0 Å². The molecule has 4 nitrogen and oxygen atoms in total. The van der Waals surface area contributed by atoms with Crippen molar-refractivity contribution in [1.82, 2.24) is 19.5 Å². The molecule has 0 aliphatic carbocycles. The van der Waals surface area contributed by atoms with Crippen molar-refractivity contribution in [2.24, 2.45) is 0 Å². The van der Waals surface area contributed by atoms with Gasteiger partial charge in [-0.3, -0.25) is 4.57 Å². The Morgan fingerprint density at radius 3 is 2.76 bits per heavy atom. The van der Waals surface area contributed by atoms with Crippen LogP contribution in [0.5, 0.6) is 0 Å². The van der Waals surface area contributed by atoms with E-state index in [1.54, 1.807) is 6.33 Å². The predicted molar refractivity (Wildman–Crippen MR) is 66.4 cm³/mol. The van der Waals surface area contributed by atoms with Crippen LogP contribution in [0.15, 0.2) is 36.9 Å². The quantitative estimate of drug-likeness (QED) is 0.618. The third-order valence-corrected chi connectivity index (χ3v) is 2.95. The molecule has 2 aromatic heterocycles. The van der Waals surface area contributed by atoms with Crippen molar-refractivity contribution in [3.05, 3.63) is 47.6 Å². The van der Waals surface area contributed by atoms with Crippen LogP contribution in [0.3, 0.4) is 0 Å². The van der Waals surface area contributed by atoms with Crippen LogP contribution in [0, 0.1) is 6.92 Å². The summed E-state index contributed by atoms with van der Waals surface area (Å²) in [6.07, 6.45) is 3.13. The van der Waals surface area contributed by atoms with Crippen molar-refractivity contribution >= 4 is 22.8 Å². The number of hydrogen-bond acceptors (Lipinski definition) is 3. The van der Waals surface area contributed by atoms with Crippen molar-refractivity contribution in [3.8, 4) is 5.69 Å². The third-order valence-electron chi connectivity index (χ3n) is 2.67. The summed E-state index contributed by atoms with van der Waals surface area (Å²) in [7, 11) is 0. The number of halogens is 1. The number of fused-ring (bicyclic) bond motifs is 1. The fraction of sp³-hybridized carbons (Fsp3) is 0.0833. The Bertz CT molecular complexity index is 690. The highest BCUT2D eigenvalue weighted by Gasteiger charge is 2.11. The summed E-state index contributed by atoms with van der Waals surface area (Å²) < 4.78 is 1.91. The number of rotatable bonds is 1. The van der Waals surface area contributed by atoms with Crippen molar-refractivity contribution in [3.63, 3.8) is 0 Å². The van der Waals surface area contributed by atoms with Crippen LogP contribution in [-0.2, 0) is 0 Å². The van der Waals surface area contributed by atoms with E-state index >= 15 is 0 Å². The van der Waals surface area contributed by atoms with E-state index in [9.17, 15) is 0 Å². The van der Waals surface area contributed by atoms with Crippen LogP contribution in [0.1, 0.15) is 5.56 Å². The second kappa shape index (κ2) is 3.82. The molecule has 0 unspecified atom stereocenters. The smallest absolute Gasteiger partial charge is 0.182 e. The molecule has 0 aliphatic heterocycles. The molecule has 17 heavy (non-hydrogen) atoms. The number of hydrogen-bond donors (Lipinski definition) is 0. The number of aryl methyl sites for hydroxylation is 1. The van der Waals surface area contributed by atoms with Crippen LogP contribution < -0.4 is 0 Å². The topological polar surface area (TPSA) is 43.6 Å². The van der Waals surface area contributed by atoms with Gasteiger partial charge in [0, 0.05) is 0 Å². The zero-order chi connectivity index (χ0) is 11.8. The molecule has 5 heteroatoms. The van der Waals surface area contributed by atoms with Crippen molar-refractivity contribution < 1.29 is 0 Å². The minimum atomic E-state index is 0.413. The molecule has 0 N–H and O–H groups in total. The number of benzene rings is 1. The van der Waals surface area contributed by atoms with Crippen LogP contribution in [0.2, 0.25) is 5.15 Å². The van der Waals surface area contributed by atoms with E-state index in [-0.39, 0.29) is 0 Å². The van der Waals surface area contributed by atoms with Crippen LogP contribution in [-0.4, -0.2) is 19.5 Å². The first kappa shape index (κ1) is 10.2. The van der Waals surface area contributed by atoms with Crippen molar-refractivity contribution in [2.45, 2.75) is 6.92 Å². The monoisotopic (exact) mass is 244 g/mol. The molecule has 0 radical (unpaired) electrons. The minimum Gasteiger partial charge on any atom is -0.294 e. The summed E-state index contributed by atoms with van der Waals surface area (Å²) in [6.45, 7) is 2.04. The van der Waals surface area contributed by atoms with Gasteiger partial charge in [-0.1, -0.05) is 29.8 Å². The average molecular weight is 245 g/mol. The van der Waals surface area contributed by atoms with E-state index < -0.39 is 0 Å². The number of para-hydroxylation sites is 1. The van der Waals surface area contributed by atoms with E-state index in [0.717, 1.165) is 16.8 Å². The molecule has 1 aromatic carbocycles.